The highest BCUT2D eigenvalue weighted by Gasteiger charge is 2.26. The summed E-state index contributed by atoms with van der Waals surface area (Å²) in [7, 11) is 2.20. The van der Waals surface area contributed by atoms with E-state index in [9.17, 15) is 4.79 Å². The van der Waals surface area contributed by atoms with Crippen molar-refractivity contribution < 1.29 is 4.79 Å². The van der Waals surface area contributed by atoms with E-state index in [2.05, 4.69) is 16.8 Å². The third kappa shape index (κ3) is 4.25. The first-order valence-electron chi connectivity index (χ1n) is 7.35. The maximum atomic E-state index is 11.2. The van der Waals surface area contributed by atoms with Crippen LogP contribution < -0.4 is 0 Å². The SMILES string of the molecule is CC.CC(=O)N1CCN(C2CCN(C)CC2)CC1. The van der Waals surface area contributed by atoms with E-state index in [-0.39, 0.29) is 5.91 Å². The van der Waals surface area contributed by atoms with E-state index in [1.165, 1.54) is 25.9 Å². The largest absolute Gasteiger partial charge is 0.340 e. The number of rotatable bonds is 1. The van der Waals surface area contributed by atoms with Gasteiger partial charge in [-0.1, -0.05) is 13.8 Å². The molecule has 4 nitrogen and oxygen atoms in total. The highest BCUT2D eigenvalue weighted by Crippen LogP contribution is 2.17. The summed E-state index contributed by atoms with van der Waals surface area (Å²) < 4.78 is 0. The predicted octanol–water partition coefficient (Wildman–Crippen LogP) is 1.27. The maximum Gasteiger partial charge on any atom is 0.219 e. The highest BCUT2D eigenvalue weighted by atomic mass is 16.2. The van der Waals surface area contributed by atoms with Gasteiger partial charge in [-0.3, -0.25) is 9.69 Å². The van der Waals surface area contributed by atoms with Gasteiger partial charge in [-0.15, -0.1) is 0 Å². The van der Waals surface area contributed by atoms with Crippen LogP contribution in [-0.4, -0.2) is 73.0 Å². The summed E-state index contributed by atoms with van der Waals surface area (Å²) in [5, 5.41) is 0. The smallest absolute Gasteiger partial charge is 0.219 e. The fourth-order valence-corrected chi connectivity index (χ4v) is 2.76. The van der Waals surface area contributed by atoms with Crippen molar-refractivity contribution in [2.75, 3.05) is 46.3 Å². The summed E-state index contributed by atoms with van der Waals surface area (Å²) in [6.45, 7) is 12.1. The van der Waals surface area contributed by atoms with Crippen LogP contribution in [0.1, 0.15) is 33.6 Å². The molecule has 2 rings (SSSR count). The van der Waals surface area contributed by atoms with Crippen LogP contribution in [0.5, 0.6) is 0 Å². The van der Waals surface area contributed by atoms with E-state index in [1.807, 2.05) is 18.7 Å². The Balaban J connectivity index is 0.000000771. The van der Waals surface area contributed by atoms with Gasteiger partial charge in [0.1, 0.15) is 0 Å². The molecular formula is C14H29N3O. The Labute approximate surface area is 112 Å². The van der Waals surface area contributed by atoms with Crippen molar-refractivity contribution in [3.05, 3.63) is 0 Å². The molecule has 0 aliphatic carbocycles. The van der Waals surface area contributed by atoms with Crippen LogP contribution in [-0.2, 0) is 4.79 Å². The summed E-state index contributed by atoms with van der Waals surface area (Å²) >= 11 is 0. The van der Waals surface area contributed by atoms with E-state index in [0.717, 1.165) is 32.2 Å². The minimum atomic E-state index is 0.225. The van der Waals surface area contributed by atoms with Gasteiger partial charge >= 0.3 is 0 Å². The second-order valence-corrected chi connectivity index (χ2v) is 5.08. The van der Waals surface area contributed by atoms with Crippen molar-refractivity contribution in [3.8, 4) is 0 Å². The van der Waals surface area contributed by atoms with Gasteiger partial charge in [-0.2, -0.15) is 0 Å². The minimum Gasteiger partial charge on any atom is -0.340 e. The Morgan fingerprint density at radius 3 is 1.89 bits per heavy atom. The molecule has 18 heavy (non-hydrogen) atoms. The Bertz CT molecular complexity index is 241. The summed E-state index contributed by atoms with van der Waals surface area (Å²) in [5.41, 5.74) is 0. The molecule has 1 amide bonds. The summed E-state index contributed by atoms with van der Waals surface area (Å²) in [6, 6.07) is 0.755. The zero-order chi connectivity index (χ0) is 13.5. The number of nitrogens with zero attached hydrogens (tertiary/aromatic N) is 3. The molecule has 0 atom stereocenters. The van der Waals surface area contributed by atoms with Gasteiger partial charge in [0.25, 0.3) is 0 Å². The van der Waals surface area contributed by atoms with Crippen molar-refractivity contribution in [3.63, 3.8) is 0 Å². The molecule has 2 aliphatic rings. The third-order valence-electron chi connectivity index (χ3n) is 3.96. The number of amides is 1. The molecule has 0 N–H and O–H groups in total. The molecular weight excluding hydrogens is 226 g/mol. The first kappa shape index (κ1) is 15.4. The molecule has 4 heteroatoms. The van der Waals surface area contributed by atoms with Crippen LogP contribution >= 0.6 is 0 Å². The third-order valence-corrected chi connectivity index (χ3v) is 3.96. The van der Waals surface area contributed by atoms with Crippen LogP contribution in [0, 0.1) is 0 Å². The average Bonchev–Trinajstić information content (AvgIpc) is 2.42. The second kappa shape index (κ2) is 7.74. The van der Waals surface area contributed by atoms with E-state index in [4.69, 9.17) is 0 Å². The van der Waals surface area contributed by atoms with E-state index in [0.29, 0.717) is 0 Å². The molecule has 0 aromatic heterocycles. The summed E-state index contributed by atoms with van der Waals surface area (Å²) in [5.74, 6) is 0.225. The Kier molecular flexibility index (Phi) is 6.65. The fourth-order valence-electron chi connectivity index (χ4n) is 2.76. The van der Waals surface area contributed by atoms with Crippen molar-refractivity contribution in [1.29, 1.82) is 0 Å². The van der Waals surface area contributed by atoms with Crippen LogP contribution in [0.25, 0.3) is 0 Å². The second-order valence-electron chi connectivity index (χ2n) is 5.08. The van der Waals surface area contributed by atoms with Gasteiger partial charge < -0.3 is 9.80 Å². The van der Waals surface area contributed by atoms with Gasteiger partial charge in [0.15, 0.2) is 0 Å². The number of carbonyl (C=O) groups is 1. The minimum absolute atomic E-state index is 0.225. The average molecular weight is 255 g/mol. The molecule has 2 aliphatic heterocycles. The van der Waals surface area contributed by atoms with Crippen molar-refractivity contribution >= 4 is 5.91 Å². The number of piperazine rings is 1. The predicted molar refractivity (Wildman–Crippen MR) is 75.7 cm³/mol. The lowest BCUT2D eigenvalue weighted by Crippen LogP contribution is -2.53. The van der Waals surface area contributed by atoms with E-state index >= 15 is 0 Å². The van der Waals surface area contributed by atoms with Crippen molar-refractivity contribution in [1.82, 2.24) is 14.7 Å². The molecule has 106 valence electrons. The number of hydrogen-bond acceptors (Lipinski definition) is 3. The highest BCUT2D eigenvalue weighted by molar-refractivity contribution is 5.73. The molecule has 0 saturated carbocycles. The van der Waals surface area contributed by atoms with Crippen LogP contribution in [0.4, 0.5) is 0 Å². The Hall–Kier alpha value is -0.610. The lowest BCUT2D eigenvalue weighted by molar-refractivity contribution is -0.131. The molecule has 0 spiro atoms. The molecule has 2 saturated heterocycles. The lowest BCUT2D eigenvalue weighted by Gasteiger charge is -2.42. The molecule has 2 heterocycles. The maximum absolute atomic E-state index is 11.2. The standard InChI is InChI=1S/C12H23N3O.C2H6/c1-11(16)14-7-9-15(10-8-14)12-3-5-13(2)6-4-12;1-2/h12H,3-10H2,1-2H3;1-2H3. The monoisotopic (exact) mass is 255 g/mol. The topological polar surface area (TPSA) is 26.8 Å². The lowest BCUT2D eigenvalue weighted by atomic mass is 10.0. The quantitative estimate of drug-likeness (QED) is 0.706. The van der Waals surface area contributed by atoms with Gasteiger partial charge in [0.2, 0.25) is 5.91 Å². The number of carbonyl (C=O) groups excluding carboxylic acids is 1. The number of hydrogen-bond donors (Lipinski definition) is 0. The van der Waals surface area contributed by atoms with Crippen LogP contribution in [0.3, 0.4) is 0 Å². The fraction of sp³-hybridized carbons (Fsp3) is 0.929. The normalized spacial score (nSPS) is 23.4. The van der Waals surface area contributed by atoms with Crippen molar-refractivity contribution in [2.45, 2.75) is 39.7 Å². The number of piperidine rings is 1. The van der Waals surface area contributed by atoms with Crippen LogP contribution in [0.2, 0.25) is 0 Å². The van der Waals surface area contributed by atoms with Crippen molar-refractivity contribution in [2.24, 2.45) is 0 Å². The Morgan fingerprint density at radius 2 is 1.44 bits per heavy atom. The molecule has 0 aromatic rings. The Morgan fingerprint density at radius 1 is 0.944 bits per heavy atom. The molecule has 2 fully saturated rings. The summed E-state index contributed by atoms with van der Waals surface area (Å²) in [6.07, 6.45) is 2.58. The molecule has 0 aromatic carbocycles. The van der Waals surface area contributed by atoms with E-state index < -0.39 is 0 Å². The van der Waals surface area contributed by atoms with Gasteiger partial charge in [-0.05, 0) is 33.0 Å². The molecule has 0 radical (unpaired) electrons. The summed E-state index contributed by atoms with van der Waals surface area (Å²) in [4.78, 5) is 18.2. The van der Waals surface area contributed by atoms with Gasteiger partial charge in [0, 0.05) is 39.1 Å². The van der Waals surface area contributed by atoms with Crippen LogP contribution in [0.15, 0.2) is 0 Å². The zero-order valence-corrected chi connectivity index (χ0v) is 12.5. The molecule has 0 bridgehead atoms. The number of likely N-dealkylation sites (tertiary alicyclic amines) is 1. The first-order chi connectivity index (χ1) is 8.66. The first-order valence-corrected chi connectivity index (χ1v) is 7.35. The zero-order valence-electron chi connectivity index (χ0n) is 12.5. The van der Waals surface area contributed by atoms with Gasteiger partial charge in [0.05, 0.1) is 0 Å². The van der Waals surface area contributed by atoms with Gasteiger partial charge in [-0.25, -0.2) is 0 Å². The van der Waals surface area contributed by atoms with E-state index in [1.54, 1.807) is 6.92 Å². The molecule has 0 unspecified atom stereocenters.